The summed E-state index contributed by atoms with van der Waals surface area (Å²) in [5.41, 5.74) is 3.23. The van der Waals surface area contributed by atoms with Crippen LogP contribution in [0.1, 0.15) is 20.3 Å². The molecule has 2 atom stereocenters. The SMILES string of the molecule is COC(=O)C1OC=C2C=CCC(C)(C)/C2=C2\C=CC=CC2O1. The molecule has 3 aliphatic rings. The van der Waals surface area contributed by atoms with Gasteiger partial charge in [-0.3, -0.25) is 0 Å². The first-order valence-electron chi connectivity index (χ1n) is 7.38. The van der Waals surface area contributed by atoms with Crippen molar-refractivity contribution < 1.29 is 19.0 Å². The highest BCUT2D eigenvalue weighted by Crippen LogP contribution is 2.44. The third-order valence-corrected chi connectivity index (χ3v) is 4.14. The molecule has 22 heavy (non-hydrogen) atoms. The van der Waals surface area contributed by atoms with E-state index in [2.05, 4.69) is 26.0 Å². The summed E-state index contributed by atoms with van der Waals surface area (Å²) in [5, 5.41) is 0. The molecule has 0 aromatic rings. The molecule has 4 nitrogen and oxygen atoms in total. The van der Waals surface area contributed by atoms with Crippen LogP contribution in [0.3, 0.4) is 0 Å². The molecule has 4 heteroatoms. The second kappa shape index (κ2) is 5.61. The van der Waals surface area contributed by atoms with Crippen LogP contribution in [0.25, 0.3) is 0 Å². The lowest BCUT2D eigenvalue weighted by molar-refractivity contribution is -0.185. The maximum Gasteiger partial charge on any atom is 0.376 e. The molecule has 3 rings (SSSR count). The van der Waals surface area contributed by atoms with Gasteiger partial charge in [0.05, 0.1) is 13.4 Å². The number of ether oxygens (including phenoxy) is 3. The van der Waals surface area contributed by atoms with Gasteiger partial charge in [0.15, 0.2) is 0 Å². The van der Waals surface area contributed by atoms with E-state index < -0.39 is 12.3 Å². The number of hydrogen-bond acceptors (Lipinski definition) is 4. The Morgan fingerprint density at radius 1 is 1.32 bits per heavy atom. The zero-order valence-electron chi connectivity index (χ0n) is 13.0. The van der Waals surface area contributed by atoms with E-state index in [-0.39, 0.29) is 11.5 Å². The van der Waals surface area contributed by atoms with Gasteiger partial charge in [-0.2, -0.15) is 0 Å². The molecule has 0 aromatic carbocycles. The molecule has 0 saturated heterocycles. The van der Waals surface area contributed by atoms with E-state index in [0.29, 0.717) is 0 Å². The van der Waals surface area contributed by atoms with Crippen molar-refractivity contribution in [2.24, 2.45) is 5.41 Å². The fraction of sp³-hybridized carbons (Fsp3) is 0.389. The van der Waals surface area contributed by atoms with Crippen LogP contribution in [0.15, 0.2) is 59.4 Å². The first-order valence-corrected chi connectivity index (χ1v) is 7.38. The maximum atomic E-state index is 11.8. The topological polar surface area (TPSA) is 44.8 Å². The second-order valence-corrected chi connectivity index (χ2v) is 6.19. The Balaban J connectivity index is 2.11. The van der Waals surface area contributed by atoms with E-state index in [1.54, 1.807) is 6.26 Å². The van der Waals surface area contributed by atoms with E-state index in [9.17, 15) is 4.79 Å². The van der Waals surface area contributed by atoms with Crippen LogP contribution in [0.2, 0.25) is 0 Å². The molecule has 0 N–H and O–H groups in total. The normalized spacial score (nSPS) is 32.0. The lowest BCUT2D eigenvalue weighted by Gasteiger charge is -2.37. The van der Waals surface area contributed by atoms with Crippen LogP contribution in [0.4, 0.5) is 0 Å². The number of esters is 1. The lowest BCUT2D eigenvalue weighted by atomic mass is 9.71. The zero-order valence-corrected chi connectivity index (χ0v) is 13.0. The van der Waals surface area contributed by atoms with E-state index in [0.717, 1.165) is 17.6 Å². The highest BCUT2D eigenvalue weighted by molar-refractivity contribution is 5.73. The van der Waals surface area contributed by atoms with Crippen molar-refractivity contribution in [2.45, 2.75) is 32.7 Å². The Morgan fingerprint density at radius 2 is 2.14 bits per heavy atom. The summed E-state index contributed by atoms with van der Waals surface area (Å²) in [6.07, 6.45) is 13.2. The van der Waals surface area contributed by atoms with Gasteiger partial charge in [-0.25, -0.2) is 4.79 Å². The highest BCUT2D eigenvalue weighted by Gasteiger charge is 2.36. The van der Waals surface area contributed by atoms with Crippen LogP contribution in [0.5, 0.6) is 0 Å². The number of carbonyl (C=O) groups excluding carboxylic acids is 1. The number of rotatable bonds is 1. The number of carbonyl (C=O) groups is 1. The van der Waals surface area contributed by atoms with Crippen molar-refractivity contribution in [1.82, 2.24) is 0 Å². The van der Waals surface area contributed by atoms with E-state index in [1.165, 1.54) is 12.7 Å². The van der Waals surface area contributed by atoms with Crippen LogP contribution < -0.4 is 0 Å². The number of methoxy groups -OCH3 is 1. The molecule has 0 fully saturated rings. The average molecular weight is 300 g/mol. The van der Waals surface area contributed by atoms with Gasteiger partial charge in [-0.1, -0.05) is 50.3 Å². The first-order chi connectivity index (χ1) is 10.5. The van der Waals surface area contributed by atoms with Crippen molar-refractivity contribution in [3.8, 4) is 0 Å². The predicted octanol–water partition coefficient (Wildman–Crippen LogP) is 3.19. The van der Waals surface area contributed by atoms with Gasteiger partial charge < -0.3 is 14.2 Å². The molecule has 0 saturated carbocycles. The molecule has 2 aliphatic carbocycles. The van der Waals surface area contributed by atoms with Gasteiger partial charge >= 0.3 is 5.97 Å². The highest BCUT2D eigenvalue weighted by atomic mass is 16.7. The van der Waals surface area contributed by atoms with Crippen molar-refractivity contribution >= 4 is 5.97 Å². The largest absolute Gasteiger partial charge is 0.464 e. The Kier molecular flexibility index (Phi) is 3.79. The Labute approximate surface area is 130 Å². The number of hydrogen-bond donors (Lipinski definition) is 0. The molecule has 0 bridgehead atoms. The molecule has 2 unspecified atom stereocenters. The lowest BCUT2D eigenvalue weighted by Crippen LogP contribution is -2.35. The summed E-state index contributed by atoms with van der Waals surface area (Å²) >= 11 is 0. The summed E-state index contributed by atoms with van der Waals surface area (Å²) in [4.78, 5) is 11.8. The van der Waals surface area contributed by atoms with Crippen molar-refractivity contribution in [1.29, 1.82) is 0 Å². The number of fused-ring (bicyclic) bond motifs is 2. The summed E-state index contributed by atoms with van der Waals surface area (Å²) < 4.78 is 16.1. The molecule has 116 valence electrons. The smallest absolute Gasteiger partial charge is 0.376 e. The van der Waals surface area contributed by atoms with Crippen LogP contribution in [0, 0.1) is 5.41 Å². The van der Waals surface area contributed by atoms with E-state index in [4.69, 9.17) is 14.2 Å². The molecular formula is C18H20O4. The van der Waals surface area contributed by atoms with Gasteiger partial charge in [-0.15, -0.1) is 0 Å². The maximum absolute atomic E-state index is 11.8. The van der Waals surface area contributed by atoms with Crippen LogP contribution in [-0.4, -0.2) is 25.5 Å². The van der Waals surface area contributed by atoms with Gasteiger partial charge in [0.25, 0.3) is 6.29 Å². The third-order valence-electron chi connectivity index (χ3n) is 4.14. The predicted molar refractivity (Wildman–Crippen MR) is 82.7 cm³/mol. The average Bonchev–Trinajstić information content (AvgIpc) is 2.48. The van der Waals surface area contributed by atoms with Crippen LogP contribution >= 0.6 is 0 Å². The minimum atomic E-state index is -1.06. The molecule has 0 radical (unpaired) electrons. The van der Waals surface area contributed by atoms with E-state index >= 15 is 0 Å². The summed E-state index contributed by atoms with van der Waals surface area (Å²) in [6, 6.07) is 0. The molecule has 0 aromatic heterocycles. The summed E-state index contributed by atoms with van der Waals surface area (Å²) in [7, 11) is 1.32. The van der Waals surface area contributed by atoms with E-state index in [1.807, 2.05) is 24.3 Å². The molecule has 1 heterocycles. The van der Waals surface area contributed by atoms with Crippen molar-refractivity contribution in [2.75, 3.05) is 7.11 Å². The zero-order chi connectivity index (χ0) is 15.7. The quantitative estimate of drug-likeness (QED) is 0.698. The van der Waals surface area contributed by atoms with Crippen molar-refractivity contribution in [3.63, 3.8) is 0 Å². The second-order valence-electron chi connectivity index (χ2n) is 6.19. The molecule has 0 spiro atoms. The summed E-state index contributed by atoms with van der Waals surface area (Å²) in [5.74, 6) is -0.540. The fourth-order valence-corrected chi connectivity index (χ4v) is 3.09. The molecular weight excluding hydrogens is 280 g/mol. The Bertz CT molecular complexity index is 631. The Morgan fingerprint density at radius 3 is 2.91 bits per heavy atom. The third kappa shape index (κ3) is 2.55. The number of allylic oxidation sites excluding steroid dienone is 6. The Hall–Kier alpha value is -2.07. The van der Waals surface area contributed by atoms with Gasteiger partial charge in [-0.05, 0) is 23.0 Å². The standard InChI is InChI=1S/C18H20O4/c1-18(2)10-6-7-12-11-21-17(16(19)20-3)22-14-9-5-4-8-13(14)15(12)18/h4-9,11,14,17H,10H2,1-3H3/b12-11?,15-13+. The summed E-state index contributed by atoms with van der Waals surface area (Å²) in [6.45, 7) is 4.41. The van der Waals surface area contributed by atoms with Gasteiger partial charge in [0.1, 0.15) is 6.10 Å². The minimum Gasteiger partial charge on any atom is -0.464 e. The van der Waals surface area contributed by atoms with Gasteiger partial charge in [0, 0.05) is 5.57 Å². The molecule has 0 amide bonds. The van der Waals surface area contributed by atoms with Crippen LogP contribution in [-0.2, 0) is 19.0 Å². The minimum absolute atomic E-state index is 0.0193. The first kappa shape index (κ1) is 14.9. The fourth-order valence-electron chi connectivity index (χ4n) is 3.09. The molecule has 1 aliphatic heterocycles. The monoisotopic (exact) mass is 300 g/mol. The van der Waals surface area contributed by atoms with Gasteiger partial charge in [0.2, 0.25) is 0 Å². The van der Waals surface area contributed by atoms with Crippen molar-refractivity contribution in [3.05, 3.63) is 59.4 Å².